The molecule has 1 aromatic heterocycles. The number of halogens is 1. The summed E-state index contributed by atoms with van der Waals surface area (Å²) in [5, 5.41) is 10.8. The maximum absolute atomic E-state index is 11.6. The van der Waals surface area contributed by atoms with Crippen LogP contribution in [0.15, 0.2) is 36.7 Å². The van der Waals surface area contributed by atoms with E-state index in [-0.39, 0.29) is 24.2 Å². The molecule has 0 spiro atoms. The molecule has 0 aliphatic carbocycles. The van der Waals surface area contributed by atoms with Crippen molar-refractivity contribution in [2.45, 2.75) is 6.92 Å². The summed E-state index contributed by atoms with van der Waals surface area (Å²) in [7, 11) is 0. The van der Waals surface area contributed by atoms with Crippen LogP contribution in [0.5, 0.6) is 0 Å². The number of rotatable bonds is 4. The first-order chi connectivity index (χ1) is 8.70. The Balaban J connectivity index is 0.00000180. The third kappa shape index (κ3) is 3.77. The Hall–Kier alpha value is -1.92. The van der Waals surface area contributed by atoms with Crippen LogP contribution in [0.25, 0.3) is 5.69 Å². The van der Waals surface area contributed by atoms with Crippen molar-refractivity contribution in [3.8, 4) is 5.69 Å². The molecule has 0 saturated heterocycles. The molecule has 0 aliphatic rings. The highest BCUT2D eigenvalue weighted by atomic mass is 35.5. The first-order valence-corrected chi connectivity index (χ1v) is 5.68. The van der Waals surface area contributed by atoms with Gasteiger partial charge in [-0.1, -0.05) is 6.92 Å². The minimum atomic E-state index is -0.197. The molecule has 2 aromatic rings. The summed E-state index contributed by atoms with van der Waals surface area (Å²) >= 11 is 0. The lowest BCUT2D eigenvalue weighted by Crippen LogP contribution is -2.26. The molecule has 0 fully saturated rings. The maximum atomic E-state index is 11.6. The van der Waals surface area contributed by atoms with Crippen molar-refractivity contribution in [2.24, 2.45) is 11.7 Å². The summed E-state index contributed by atoms with van der Waals surface area (Å²) in [5.41, 5.74) is 7.00. The zero-order chi connectivity index (χ0) is 13.0. The Morgan fingerprint density at radius 3 is 2.42 bits per heavy atom. The van der Waals surface area contributed by atoms with Crippen LogP contribution in [0.3, 0.4) is 0 Å². The van der Waals surface area contributed by atoms with E-state index in [1.807, 2.05) is 12.1 Å². The molecule has 0 radical (unpaired) electrons. The normalized spacial score (nSPS) is 11.5. The Labute approximate surface area is 117 Å². The van der Waals surface area contributed by atoms with Gasteiger partial charge >= 0.3 is 0 Å². The molecule has 1 aromatic carbocycles. The third-order valence-corrected chi connectivity index (χ3v) is 2.59. The second-order valence-electron chi connectivity index (χ2n) is 3.99. The van der Waals surface area contributed by atoms with E-state index in [9.17, 15) is 4.79 Å². The zero-order valence-electron chi connectivity index (χ0n) is 10.5. The number of aromatic nitrogens is 3. The van der Waals surface area contributed by atoms with Crippen LogP contribution in [0.2, 0.25) is 0 Å². The quantitative estimate of drug-likeness (QED) is 0.882. The topological polar surface area (TPSA) is 85.8 Å². The van der Waals surface area contributed by atoms with Gasteiger partial charge in [0.05, 0.1) is 18.1 Å². The molecule has 2 rings (SSSR count). The van der Waals surface area contributed by atoms with Gasteiger partial charge in [0.1, 0.15) is 0 Å². The average Bonchev–Trinajstić information content (AvgIpc) is 2.92. The van der Waals surface area contributed by atoms with E-state index in [0.717, 1.165) is 11.4 Å². The monoisotopic (exact) mass is 281 g/mol. The number of anilines is 1. The fourth-order valence-corrected chi connectivity index (χ4v) is 1.40. The van der Waals surface area contributed by atoms with Gasteiger partial charge in [-0.2, -0.15) is 15.0 Å². The molecular weight excluding hydrogens is 266 g/mol. The SMILES string of the molecule is CC(CN)C(=O)Nc1ccc(-n2nccn2)cc1.Cl. The molecule has 6 nitrogen and oxygen atoms in total. The molecule has 7 heteroatoms. The molecule has 1 heterocycles. The lowest BCUT2D eigenvalue weighted by atomic mass is 10.1. The zero-order valence-corrected chi connectivity index (χ0v) is 11.3. The van der Waals surface area contributed by atoms with Crippen LogP contribution in [0.4, 0.5) is 5.69 Å². The van der Waals surface area contributed by atoms with Crippen molar-refractivity contribution in [2.75, 3.05) is 11.9 Å². The van der Waals surface area contributed by atoms with Gasteiger partial charge in [0.25, 0.3) is 0 Å². The number of carbonyl (C=O) groups excluding carboxylic acids is 1. The number of hydrogen-bond acceptors (Lipinski definition) is 4. The van der Waals surface area contributed by atoms with E-state index in [1.165, 1.54) is 4.80 Å². The van der Waals surface area contributed by atoms with Crippen molar-refractivity contribution >= 4 is 24.0 Å². The van der Waals surface area contributed by atoms with Crippen LogP contribution in [0, 0.1) is 5.92 Å². The Kier molecular flexibility index (Phi) is 5.47. The lowest BCUT2D eigenvalue weighted by Gasteiger charge is -2.10. The smallest absolute Gasteiger partial charge is 0.228 e. The first kappa shape index (κ1) is 15.1. The molecule has 0 bridgehead atoms. The van der Waals surface area contributed by atoms with Gasteiger partial charge in [0, 0.05) is 18.2 Å². The second-order valence-corrected chi connectivity index (χ2v) is 3.99. The van der Waals surface area contributed by atoms with E-state index in [1.54, 1.807) is 31.5 Å². The van der Waals surface area contributed by atoms with Crippen LogP contribution in [-0.4, -0.2) is 27.4 Å². The van der Waals surface area contributed by atoms with Crippen LogP contribution < -0.4 is 11.1 Å². The summed E-state index contributed by atoms with van der Waals surface area (Å²) in [6, 6.07) is 7.28. The lowest BCUT2D eigenvalue weighted by molar-refractivity contribution is -0.119. The van der Waals surface area contributed by atoms with Crippen molar-refractivity contribution in [1.82, 2.24) is 15.0 Å². The number of amides is 1. The summed E-state index contributed by atoms with van der Waals surface area (Å²) < 4.78 is 0. The Morgan fingerprint density at radius 2 is 1.89 bits per heavy atom. The average molecular weight is 282 g/mol. The standard InChI is InChI=1S/C12H15N5O.ClH/c1-9(8-13)12(18)16-10-2-4-11(5-3-10)17-14-6-7-15-17;/h2-7,9H,8,13H2,1H3,(H,16,18);1H. The molecule has 3 N–H and O–H groups in total. The van der Waals surface area contributed by atoms with Crippen molar-refractivity contribution in [3.63, 3.8) is 0 Å². The summed E-state index contributed by atoms with van der Waals surface area (Å²) in [5.74, 6) is -0.278. The molecule has 0 saturated carbocycles. The van der Waals surface area contributed by atoms with E-state index in [2.05, 4.69) is 15.5 Å². The van der Waals surface area contributed by atoms with Gasteiger partial charge in [-0.15, -0.1) is 12.4 Å². The molecular formula is C12H16ClN5O. The summed E-state index contributed by atoms with van der Waals surface area (Å²) in [6.07, 6.45) is 3.22. The van der Waals surface area contributed by atoms with Crippen LogP contribution >= 0.6 is 12.4 Å². The van der Waals surface area contributed by atoms with E-state index < -0.39 is 0 Å². The molecule has 1 unspecified atom stereocenters. The van der Waals surface area contributed by atoms with E-state index >= 15 is 0 Å². The van der Waals surface area contributed by atoms with E-state index in [0.29, 0.717) is 6.54 Å². The van der Waals surface area contributed by atoms with Gasteiger partial charge < -0.3 is 11.1 Å². The highest BCUT2D eigenvalue weighted by molar-refractivity contribution is 5.92. The highest BCUT2D eigenvalue weighted by Gasteiger charge is 2.10. The molecule has 0 aliphatic heterocycles. The van der Waals surface area contributed by atoms with Gasteiger partial charge in [-0.25, -0.2) is 0 Å². The summed E-state index contributed by atoms with van der Waals surface area (Å²) in [6.45, 7) is 2.12. The van der Waals surface area contributed by atoms with Crippen molar-refractivity contribution in [1.29, 1.82) is 0 Å². The highest BCUT2D eigenvalue weighted by Crippen LogP contribution is 2.12. The summed E-state index contributed by atoms with van der Waals surface area (Å²) in [4.78, 5) is 13.1. The van der Waals surface area contributed by atoms with Gasteiger partial charge in [0.2, 0.25) is 5.91 Å². The first-order valence-electron chi connectivity index (χ1n) is 5.68. The van der Waals surface area contributed by atoms with Gasteiger partial charge in [-0.05, 0) is 24.3 Å². The van der Waals surface area contributed by atoms with Gasteiger partial charge in [-0.3, -0.25) is 4.79 Å². The fourth-order valence-electron chi connectivity index (χ4n) is 1.40. The van der Waals surface area contributed by atoms with Crippen LogP contribution in [-0.2, 0) is 4.79 Å². The predicted octanol–water partition coefficient (Wildman–Crippen LogP) is 1.22. The molecule has 1 amide bonds. The van der Waals surface area contributed by atoms with Crippen molar-refractivity contribution < 1.29 is 4.79 Å². The minimum Gasteiger partial charge on any atom is -0.330 e. The Morgan fingerprint density at radius 1 is 1.32 bits per heavy atom. The van der Waals surface area contributed by atoms with E-state index in [4.69, 9.17) is 5.73 Å². The maximum Gasteiger partial charge on any atom is 0.228 e. The molecule has 1 atom stereocenters. The fraction of sp³-hybridized carbons (Fsp3) is 0.250. The molecule has 19 heavy (non-hydrogen) atoms. The van der Waals surface area contributed by atoms with Crippen LogP contribution in [0.1, 0.15) is 6.92 Å². The number of benzene rings is 1. The van der Waals surface area contributed by atoms with Crippen molar-refractivity contribution in [3.05, 3.63) is 36.7 Å². The molecule has 102 valence electrons. The number of carbonyl (C=O) groups is 1. The minimum absolute atomic E-state index is 0. The van der Waals surface area contributed by atoms with Gasteiger partial charge in [0.15, 0.2) is 0 Å². The number of nitrogens with one attached hydrogen (secondary N) is 1. The number of nitrogens with zero attached hydrogens (tertiary/aromatic N) is 3. The predicted molar refractivity (Wildman–Crippen MR) is 75.5 cm³/mol. The third-order valence-electron chi connectivity index (χ3n) is 2.59. The second kappa shape index (κ2) is 6.86. The largest absolute Gasteiger partial charge is 0.330 e. The Bertz CT molecular complexity index is 511. The number of nitrogens with two attached hydrogens (primary N) is 1. The number of hydrogen-bond donors (Lipinski definition) is 2.